The van der Waals surface area contributed by atoms with Gasteiger partial charge in [0.1, 0.15) is 17.5 Å². The van der Waals surface area contributed by atoms with Gasteiger partial charge in [-0.2, -0.15) is 0 Å². The number of fused-ring (bicyclic) bond motifs is 1. The van der Waals surface area contributed by atoms with E-state index in [4.69, 9.17) is 0 Å². The van der Waals surface area contributed by atoms with Crippen molar-refractivity contribution in [1.29, 1.82) is 0 Å². The number of halogens is 2. The number of H-pyrrole nitrogens is 1. The highest BCUT2D eigenvalue weighted by Gasteiger charge is 2.28. The minimum Gasteiger partial charge on any atom is -0.309 e. The van der Waals surface area contributed by atoms with Crippen LogP contribution in [0, 0.1) is 11.6 Å². The predicted molar refractivity (Wildman–Crippen MR) is 91.1 cm³/mol. The van der Waals surface area contributed by atoms with E-state index in [2.05, 4.69) is 14.9 Å². The Morgan fingerprint density at radius 2 is 1.92 bits per heavy atom. The molecule has 2 heterocycles. The highest BCUT2D eigenvalue weighted by molar-refractivity contribution is 5.77. The first-order valence-corrected chi connectivity index (χ1v) is 8.28. The molecule has 0 saturated carbocycles. The Kier molecular flexibility index (Phi) is 4.05. The molecule has 0 radical (unpaired) electrons. The van der Waals surface area contributed by atoms with Gasteiger partial charge in [-0.3, -0.25) is 9.69 Å². The molecule has 1 N–H and O–H groups in total. The topological polar surface area (TPSA) is 49.0 Å². The molecule has 1 aromatic heterocycles. The second-order valence-corrected chi connectivity index (χ2v) is 6.37. The van der Waals surface area contributed by atoms with E-state index in [1.807, 2.05) is 12.1 Å². The maximum atomic E-state index is 13.4. The summed E-state index contributed by atoms with van der Waals surface area (Å²) in [5.74, 6) is -0.552. The maximum Gasteiger partial charge on any atom is 0.258 e. The second kappa shape index (κ2) is 6.37. The van der Waals surface area contributed by atoms with Gasteiger partial charge in [0, 0.05) is 12.6 Å². The number of nitrogens with one attached hydrogen (secondary N) is 1. The lowest BCUT2D eigenvalue weighted by molar-refractivity contribution is 0.239. The molecule has 1 atom stereocenters. The molecule has 1 aliphatic rings. The molecule has 6 heteroatoms. The van der Waals surface area contributed by atoms with Gasteiger partial charge in [0.05, 0.1) is 16.9 Å². The van der Waals surface area contributed by atoms with E-state index in [1.54, 1.807) is 12.1 Å². The van der Waals surface area contributed by atoms with E-state index in [0.717, 1.165) is 25.5 Å². The second-order valence-electron chi connectivity index (χ2n) is 6.37. The van der Waals surface area contributed by atoms with Gasteiger partial charge >= 0.3 is 0 Å². The zero-order valence-corrected chi connectivity index (χ0v) is 13.5. The highest BCUT2D eigenvalue weighted by atomic mass is 19.1. The fourth-order valence-electron chi connectivity index (χ4n) is 3.52. The summed E-state index contributed by atoms with van der Waals surface area (Å²) in [5, 5.41) is 0.558. The molecule has 2 aromatic carbocycles. The molecule has 1 saturated heterocycles. The van der Waals surface area contributed by atoms with Crippen LogP contribution in [0.1, 0.15) is 30.3 Å². The average molecular weight is 341 g/mol. The van der Waals surface area contributed by atoms with E-state index in [-0.39, 0.29) is 11.6 Å². The summed E-state index contributed by atoms with van der Waals surface area (Å²) >= 11 is 0. The smallest absolute Gasteiger partial charge is 0.258 e. The van der Waals surface area contributed by atoms with Crippen LogP contribution in [-0.4, -0.2) is 21.4 Å². The van der Waals surface area contributed by atoms with Crippen molar-refractivity contribution in [2.75, 3.05) is 6.54 Å². The van der Waals surface area contributed by atoms with Crippen molar-refractivity contribution in [2.24, 2.45) is 0 Å². The van der Waals surface area contributed by atoms with Gasteiger partial charge in [-0.25, -0.2) is 13.8 Å². The first-order chi connectivity index (χ1) is 12.1. The Labute approximate surface area is 143 Å². The molecule has 0 aliphatic carbocycles. The number of aromatic amines is 1. The van der Waals surface area contributed by atoms with Crippen molar-refractivity contribution in [3.63, 3.8) is 0 Å². The van der Waals surface area contributed by atoms with Gasteiger partial charge in [-0.15, -0.1) is 0 Å². The third-order valence-electron chi connectivity index (χ3n) is 4.62. The number of para-hydroxylation sites is 1. The predicted octanol–water partition coefficient (Wildman–Crippen LogP) is 3.54. The summed E-state index contributed by atoms with van der Waals surface area (Å²) in [6, 6.07) is 10.7. The van der Waals surface area contributed by atoms with Crippen LogP contribution in [0.25, 0.3) is 10.9 Å². The van der Waals surface area contributed by atoms with Crippen LogP contribution >= 0.6 is 0 Å². The minimum atomic E-state index is -0.581. The number of aromatic nitrogens is 2. The van der Waals surface area contributed by atoms with Gasteiger partial charge < -0.3 is 4.98 Å². The zero-order valence-electron chi connectivity index (χ0n) is 13.5. The Morgan fingerprint density at radius 1 is 1.16 bits per heavy atom. The Balaban J connectivity index is 1.66. The summed E-state index contributed by atoms with van der Waals surface area (Å²) in [6.45, 7) is 1.20. The first-order valence-electron chi connectivity index (χ1n) is 8.28. The summed E-state index contributed by atoms with van der Waals surface area (Å²) in [7, 11) is 0. The number of hydrogen-bond acceptors (Lipinski definition) is 3. The van der Waals surface area contributed by atoms with Gasteiger partial charge in [0.25, 0.3) is 5.56 Å². The average Bonchev–Trinajstić information content (AvgIpc) is 3.02. The van der Waals surface area contributed by atoms with Gasteiger partial charge in [0.15, 0.2) is 0 Å². The summed E-state index contributed by atoms with van der Waals surface area (Å²) < 4.78 is 26.9. The van der Waals surface area contributed by atoms with Gasteiger partial charge in [0.2, 0.25) is 0 Å². The lowest BCUT2D eigenvalue weighted by atomic mass is 10.1. The molecule has 4 rings (SSSR count). The Bertz CT molecular complexity index is 966. The van der Waals surface area contributed by atoms with Gasteiger partial charge in [-0.1, -0.05) is 12.1 Å². The van der Waals surface area contributed by atoms with Crippen molar-refractivity contribution >= 4 is 10.9 Å². The first kappa shape index (κ1) is 15.9. The monoisotopic (exact) mass is 341 g/mol. The van der Waals surface area contributed by atoms with Crippen LogP contribution < -0.4 is 5.56 Å². The molecular weight excluding hydrogens is 324 g/mol. The summed E-state index contributed by atoms with van der Waals surface area (Å²) in [6.07, 6.45) is 1.79. The molecule has 1 unspecified atom stereocenters. The quantitative estimate of drug-likeness (QED) is 0.793. The number of rotatable bonds is 3. The van der Waals surface area contributed by atoms with Crippen LogP contribution in [0.4, 0.5) is 8.78 Å². The van der Waals surface area contributed by atoms with E-state index in [0.29, 0.717) is 28.8 Å². The molecule has 0 bridgehead atoms. The SMILES string of the molecule is O=c1[nH]c(C2CCCN2Cc2cc(F)cc(F)c2)nc2ccccc12. The molecule has 0 amide bonds. The molecule has 0 spiro atoms. The number of hydrogen-bond donors (Lipinski definition) is 1. The van der Waals surface area contributed by atoms with Crippen molar-refractivity contribution < 1.29 is 8.78 Å². The largest absolute Gasteiger partial charge is 0.309 e. The van der Waals surface area contributed by atoms with Crippen molar-refractivity contribution in [3.8, 4) is 0 Å². The Hall–Kier alpha value is -2.60. The summed E-state index contributed by atoms with van der Waals surface area (Å²) in [4.78, 5) is 21.9. The van der Waals surface area contributed by atoms with Crippen LogP contribution in [0.15, 0.2) is 47.3 Å². The molecule has 1 aliphatic heterocycles. The van der Waals surface area contributed by atoms with E-state index >= 15 is 0 Å². The lowest BCUT2D eigenvalue weighted by Crippen LogP contribution is -2.26. The molecule has 3 aromatic rings. The lowest BCUT2D eigenvalue weighted by Gasteiger charge is -2.24. The number of nitrogens with zero attached hydrogens (tertiary/aromatic N) is 2. The molecule has 128 valence electrons. The fraction of sp³-hybridized carbons (Fsp3) is 0.263. The highest BCUT2D eigenvalue weighted by Crippen LogP contribution is 2.31. The molecular formula is C19H17F2N3O. The third kappa shape index (κ3) is 3.17. The standard InChI is InChI=1S/C19H17F2N3O/c20-13-8-12(9-14(21)10-13)11-24-7-3-6-17(24)18-22-16-5-2-1-4-15(16)19(25)23-18/h1-2,4-5,8-10,17H,3,6-7,11H2,(H,22,23,25). The molecule has 25 heavy (non-hydrogen) atoms. The van der Waals surface area contributed by atoms with Crippen LogP contribution in [0.3, 0.4) is 0 Å². The summed E-state index contributed by atoms with van der Waals surface area (Å²) in [5.41, 5.74) is 1.07. The molecule has 4 nitrogen and oxygen atoms in total. The maximum absolute atomic E-state index is 13.4. The van der Waals surface area contributed by atoms with Crippen molar-refractivity contribution in [3.05, 3.63) is 75.8 Å². The van der Waals surface area contributed by atoms with E-state index in [1.165, 1.54) is 12.1 Å². The number of benzene rings is 2. The van der Waals surface area contributed by atoms with Crippen molar-refractivity contribution in [1.82, 2.24) is 14.9 Å². The van der Waals surface area contributed by atoms with Crippen LogP contribution in [0.2, 0.25) is 0 Å². The van der Waals surface area contributed by atoms with Crippen LogP contribution in [0.5, 0.6) is 0 Å². The van der Waals surface area contributed by atoms with Gasteiger partial charge in [-0.05, 0) is 49.2 Å². The Morgan fingerprint density at radius 3 is 2.72 bits per heavy atom. The normalized spacial score (nSPS) is 18.1. The number of likely N-dealkylation sites (tertiary alicyclic amines) is 1. The minimum absolute atomic E-state index is 0.0661. The third-order valence-corrected chi connectivity index (χ3v) is 4.62. The van der Waals surface area contributed by atoms with E-state index < -0.39 is 11.6 Å². The van der Waals surface area contributed by atoms with E-state index in [9.17, 15) is 13.6 Å². The zero-order chi connectivity index (χ0) is 17.4. The van der Waals surface area contributed by atoms with Crippen LogP contribution in [-0.2, 0) is 6.54 Å². The fourth-order valence-corrected chi connectivity index (χ4v) is 3.52. The molecule has 1 fully saturated rings. The van der Waals surface area contributed by atoms with Crippen molar-refractivity contribution in [2.45, 2.75) is 25.4 Å².